The SMILES string of the molecule is CC1=CCC(C2NCCO2)C=C1. The minimum absolute atomic E-state index is 0.255. The maximum atomic E-state index is 5.54. The molecule has 0 amide bonds. The Kier molecular flexibility index (Phi) is 2.28. The van der Waals surface area contributed by atoms with Crippen molar-refractivity contribution in [2.45, 2.75) is 19.6 Å². The Morgan fingerprint density at radius 3 is 3.08 bits per heavy atom. The molecule has 2 nitrogen and oxygen atoms in total. The zero-order valence-corrected chi connectivity index (χ0v) is 7.42. The lowest BCUT2D eigenvalue weighted by atomic mass is 9.96. The molecule has 0 aromatic carbocycles. The molecule has 2 rings (SSSR count). The largest absolute Gasteiger partial charge is 0.361 e. The second-order valence-electron chi connectivity index (χ2n) is 3.45. The maximum Gasteiger partial charge on any atom is 0.114 e. The molecule has 0 aromatic heterocycles. The van der Waals surface area contributed by atoms with E-state index in [-0.39, 0.29) is 6.23 Å². The predicted molar refractivity (Wildman–Crippen MR) is 48.7 cm³/mol. The molecule has 1 N–H and O–H groups in total. The van der Waals surface area contributed by atoms with Crippen LogP contribution in [-0.4, -0.2) is 19.4 Å². The fraction of sp³-hybridized carbons (Fsp3) is 0.600. The summed E-state index contributed by atoms with van der Waals surface area (Å²) in [5.41, 5.74) is 1.37. The van der Waals surface area contributed by atoms with E-state index < -0.39 is 0 Å². The smallest absolute Gasteiger partial charge is 0.114 e. The first-order valence-corrected chi connectivity index (χ1v) is 4.56. The third-order valence-corrected chi connectivity index (χ3v) is 2.45. The van der Waals surface area contributed by atoms with Crippen LogP contribution < -0.4 is 5.32 Å². The van der Waals surface area contributed by atoms with Crippen molar-refractivity contribution < 1.29 is 4.74 Å². The van der Waals surface area contributed by atoms with Crippen LogP contribution in [0.25, 0.3) is 0 Å². The summed E-state index contributed by atoms with van der Waals surface area (Å²) in [5, 5.41) is 3.34. The molecule has 2 unspecified atom stereocenters. The summed E-state index contributed by atoms with van der Waals surface area (Å²) in [5.74, 6) is 0.538. The Bertz CT molecular complexity index is 214. The molecule has 2 aliphatic rings. The van der Waals surface area contributed by atoms with Gasteiger partial charge in [-0.2, -0.15) is 0 Å². The summed E-state index contributed by atoms with van der Waals surface area (Å²) in [6, 6.07) is 0. The lowest BCUT2D eigenvalue weighted by Crippen LogP contribution is -2.30. The highest BCUT2D eigenvalue weighted by Gasteiger charge is 2.23. The minimum Gasteiger partial charge on any atom is -0.361 e. The lowest BCUT2D eigenvalue weighted by molar-refractivity contribution is 0.0687. The highest BCUT2D eigenvalue weighted by Crippen LogP contribution is 2.21. The summed E-state index contributed by atoms with van der Waals surface area (Å²) in [6.07, 6.45) is 8.06. The Labute approximate surface area is 73.3 Å². The van der Waals surface area contributed by atoms with E-state index in [4.69, 9.17) is 4.74 Å². The van der Waals surface area contributed by atoms with E-state index in [9.17, 15) is 0 Å². The van der Waals surface area contributed by atoms with Crippen molar-refractivity contribution in [2.75, 3.05) is 13.2 Å². The molecular formula is C10H15NO. The number of hydrogen-bond donors (Lipinski definition) is 1. The molecular weight excluding hydrogens is 150 g/mol. The standard InChI is InChI=1S/C10H15NO/c1-8-2-4-9(5-3-8)10-11-6-7-12-10/h2-4,9-11H,5-7H2,1H3. The van der Waals surface area contributed by atoms with Gasteiger partial charge in [0.05, 0.1) is 6.61 Å². The van der Waals surface area contributed by atoms with Crippen LogP contribution in [0.2, 0.25) is 0 Å². The van der Waals surface area contributed by atoms with Crippen molar-refractivity contribution in [3.05, 3.63) is 23.8 Å². The number of hydrogen-bond acceptors (Lipinski definition) is 2. The van der Waals surface area contributed by atoms with Gasteiger partial charge in [0.2, 0.25) is 0 Å². The third kappa shape index (κ3) is 1.59. The normalized spacial score (nSPS) is 35.2. The molecule has 0 spiro atoms. The van der Waals surface area contributed by atoms with Gasteiger partial charge in [-0.25, -0.2) is 0 Å². The van der Waals surface area contributed by atoms with Gasteiger partial charge >= 0.3 is 0 Å². The van der Waals surface area contributed by atoms with Gasteiger partial charge < -0.3 is 4.74 Å². The number of allylic oxidation sites excluding steroid dienone is 3. The Hall–Kier alpha value is -0.600. The third-order valence-electron chi connectivity index (χ3n) is 2.45. The fourth-order valence-corrected chi connectivity index (χ4v) is 1.69. The average Bonchev–Trinajstić information content (AvgIpc) is 2.58. The molecule has 2 atom stereocenters. The molecule has 0 saturated carbocycles. The van der Waals surface area contributed by atoms with E-state index in [1.165, 1.54) is 5.57 Å². The molecule has 0 radical (unpaired) electrons. The molecule has 0 bridgehead atoms. The molecule has 0 aromatic rings. The Balaban J connectivity index is 1.94. The Morgan fingerprint density at radius 1 is 1.58 bits per heavy atom. The number of rotatable bonds is 1. The van der Waals surface area contributed by atoms with Gasteiger partial charge in [-0.05, 0) is 13.3 Å². The highest BCUT2D eigenvalue weighted by molar-refractivity contribution is 5.21. The van der Waals surface area contributed by atoms with Gasteiger partial charge in [0.1, 0.15) is 6.23 Å². The number of ether oxygens (including phenoxy) is 1. The lowest BCUT2D eigenvalue weighted by Gasteiger charge is -2.20. The summed E-state index contributed by atoms with van der Waals surface area (Å²) in [6.45, 7) is 3.99. The molecule has 1 heterocycles. The molecule has 12 heavy (non-hydrogen) atoms. The van der Waals surface area contributed by atoms with E-state index in [0.29, 0.717) is 5.92 Å². The maximum absolute atomic E-state index is 5.54. The topological polar surface area (TPSA) is 21.3 Å². The first kappa shape index (κ1) is 8.02. The van der Waals surface area contributed by atoms with Crippen LogP contribution in [0.15, 0.2) is 23.8 Å². The quantitative estimate of drug-likeness (QED) is 0.635. The van der Waals surface area contributed by atoms with E-state index in [2.05, 4.69) is 30.5 Å². The monoisotopic (exact) mass is 165 g/mol. The number of nitrogens with one attached hydrogen (secondary N) is 1. The van der Waals surface area contributed by atoms with Crippen LogP contribution >= 0.6 is 0 Å². The molecule has 2 heteroatoms. The van der Waals surface area contributed by atoms with Crippen LogP contribution in [0.3, 0.4) is 0 Å². The summed E-state index contributed by atoms with van der Waals surface area (Å²) in [4.78, 5) is 0. The van der Waals surface area contributed by atoms with E-state index in [1.54, 1.807) is 0 Å². The summed E-state index contributed by atoms with van der Waals surface area (Å²) >= 11 is 0. The molecule has 66 valence electrons. The van der Waals surface area contributed by atoms with Crippen molar-refractivity contribution in [1.82, 2.24) is 5.32 Å². The fourth-order valence-electron chi connectivity index (χ4n) is 1.69. The van der Waals surface area contributed by atoms with Crippen molar-refractivity contribution in [3.63, 3.8) is 0 Å². The zero-order valence-electron chi connectivity index (χ0n) is 7.42. The van der Waals surface area contributed by atoms with Gasteiger partial charge in [-0.3, -0.25) is 5.32 Å². The first-order chi connectivity index (χ1) is 5.86. The van der Waals surface area contributed by atoms with Crippen molar-refractivity contribution >= 4 is 0 Å². The molecule has 1 aliphatic heterocycles. The van der Waals surface area contributed by atoms with E-state index >= 15 is 0 Å². The Morgan fingerprint density at radius 2 is 2.50 bits per heavy atom. The minimum atomic E-state index is 0.255. The second kappa shape index (κ2) is 3.42. The summed E-state index contributed by atoms with van der Waals surface area (Å²) in [7, 11) is 0. The van der Waals surface area contributed by atoms with Crippen LogP contribution in [-0.2, 0) is 4.74 Å². The van der Waals surface area contributed by atoms with Gasteiger partial charge in [0.15, 0.2) is 0 Å². The van der Waals surface area contributed by atoms with Crippen molar-refractivity contribution in [1.29, 1.82) is 0 Å². The van der Waals surface area contributed by atoms with Gasteiger partial charge in [0, 0.05) is 12.5 Å². The van der Waals surface area contributed by atoms with Gasteiger partial charge in [0.25, 0.3) is 0 Å². The van der Waals surface area contributed by atoms with Crippen LogP contribution in [0.4, 0.5) is 0 Å². The average molecular weight is 165 g/mol. The van der Waals surface area contributed by atoms with Gasteiger partial charge in [-0.15, -0.1) is 0 Å². The molecule has 1 fully saturated rings. The second-order valence-corrected chi connectivity index (χ2v) is 3.45. The van der Waals surface area contributed by atoms with Gasteiger partial charge in [-0.1, -0.05) is 23.8 Å². The van der Waals surface area contributed by atoms with E-state index in [1.807, 2.05) is 0 Å². The van der Waals surface area contributed by atoms with Crippen LogP contribution in [0.1, 0.15) is 13.3 Å². The highest BCUT2D eigenvalue weighted by atomic mass is 16.5. The zero-order chi connectivity index (χ0) is 8.39. The van der Waals surface area contributed by atoms with Crippen LogP contribution in [0, 0.1) is 5.92 Å². The molecule has 1 saturated heterocycles. The van der Waals surface area contributed by atoms with E-state index in [0.717, 1.165) is 19.6 Å². The van der Waals surface area contributed by atoms with Crippen molar-refractivity contribution in [3.8, 4) is 0 Å². The van der Waals surface area contributed by atoms with Crippen molar-refractivity contribution in [2.24, 2.45) is 5.92 Å². The van der Waals surface area contributed by atoms with Crippen LogP contribution in [0.5, 0.6) is 0 Å². The summed E-state index contributed by atoms with van der Waals surface area (Å²) < 4.78 is 5.54. The first-order valence-electron chi connectivity index (χ1n) is 4.56. The predicted octanol–water partition coefficient (Wildman–Crippen LogP) is 1.45. The molecule has 1 aliphatic carbocycles.